The van der Waals surface area contributed by atoms with Gasteiger partial charge in [-0.3, -0.25) is 4.79 Å². The first kappa shape index (κ1) is 14.6. The third kappa shape index (κ3) is 3.48. The quantitative estimate of drug-likeness (QED) is 0.845. The number of hydrogen-bond donors (Lipinski definition) is 0. The molecule has 7 nitrogen and oxygen atoms in total. The van der Waals surface area contributed by atoms with Crippen LogP contribution in [-0.4, -0.2) is 51.6 Å². The minimum absolute atomic E-state index is 0.0101. The summed E-state index contributed by atoms with van der Waals surface area (Å²) in [5.41, 5.74) is 1.95. The number of ether oxygens (including phenoxy) is 1. The molecule has 7 heteroatoms. The molecular formula is C15H18N4O3. The van der Waals surface area contributed by atoms with Crippen LogP contribution in [0, 0.1) is 6.92 Å². The van der Waals surface area contributed by atoms with Gasteiger partial charge in [-0.1, -0.05) is 0 Å². The number of amides is 1. The molecule has 0 bridgehead atoms. The maximum absolute atomic E-state index is 12.2. The number of rotatable bonds is 4. The second-order valence-corrected chi connectivity index (χ2v) is 5.30. The first-order chi connectivity index (χ1) is 10.7. The zero-order valence-electron chi connectivity index (χ0n) is 12.4. The molecule has 0 radical (unpaired) electrons. The van der Waals surface area contributed by atoms with E-state index in [2.05, 4.69) is 15.0 Å². The van der Waals surface area contributed by atoms with E-state index in [1.165, 1.54) is 12.6 Å². The number of nitrogens with zero attached hydrogens (tertiary/aromatic N) is 4. The fourth-order valence-corrected chi connectivity index (χ4v) is 2.51. The Morgan fingerprint density at radius 1 is 1.45 bits per heavy atom. The van der Waals surface area contributed by atoms with Crippen LogP contribution in [0.2, 0.25) is 0 Å². The number of hydrogen-bond acceptors (Lipinski definition) is 6. The average molecular weight is 302 g/mol. The van der Waals surface area contributed by atoms with Crippen molar-refractivity contribution < 1.29 is 13.9 Å². The number of carbonyl (C=O) groups excluding carboxylic acids is 1. The molecule has 1 saturated heterocycles. The molecule has 1 fully saturated rings. The Morgan fingerprint density at radius 3 is 3.14 bits per heavy atom. The molecule has 116 valence electrons. The van der Waals surface area contributed by atoms with E-state index in [9.17, 15) is 4.79 Å². The molecular weight excluding hydrogens is 284 g/mol. The van der Waals surface area contributed by atoms with Gasteiger partial charge in [-0.2, -0.15) is 0 Å². The van der Waals surface area contributed by atoms with Crippen LogP contribution >= 0.6 is 0 Å². The highest BCUT2D eigenvalue weighted by Gasteiger charge is 2.26. The van der Waals surface area contributed by atoms with Gasteiger partial charge in [0.05, 0.1) is 18.9 Å². The minimum atomic E-state index is -0.135. The lowest BCUT2D eigenvalue weighted by Gasteiger charge is -2.32. The van der Waals surface area contributed by atoms with Gasteiger partial charge in [-0.05, 0) is 25.8 Å². The van der Waals surface area contributed by atoms with Gasteiger partial charge in [0.25, 0.3) is 5.91 Å². The summed E-state index contributed by atoms with van der Waals surface area (Å²) in [4.78, 5) is 26.1. The molecule has 0 aliphatic carbocycles. The van der Waals surface area contributed by atoms with Crippen LogP contribution < -0.4 is 0 Å². The first-order valence-electron chi connectivity index (χ1n) is 7.29. The van der Waals surface area contributed by atoms with Gasteiger partial charge >= 0.3 is 0 Å². The normalized spacial score (nSPS) is 18.4. The second-order valence-electron chi connectivity index (χ2n) is 5.30. The van der Waals surface area contributed by atoms with E-state index in [4.69, 9.17) is 9.15 Å². The largest absolute Gasteiger partial charge is 0.438 e. The number of carbonyl (C=O) groups is 1. The van der Waals surface area contributed by atoms with Crippen molar-refractivity contribution in [2.24, 2.45) is 0 Å². The minimum Gasteiger partial charge on any atom is -0.438 e. The van der Waals surface area contributed by atoms with Gasteiger partial charge in [0.2, 0.25) is 5.76 Å². The molecule has 2 aromatic rings. The predicted molar refractivity (Wildman–Crippen MR) is 77.2 cm³/mol. The SMILES string of the molecule is Cc1cc(CCC2CN(C(=O)c3cnco3)CCO2)ncn1. The lowest BCUT2D eigenvalue weighted by Crippen LogP contribution is -2.45. The predicted octanol–water partition coefficient (Wildman–Crippen LogP) is 1.25. The molecule has 1 unspecified atom stereocenters. The number of aromatic nitrogens is 3. The van der Waals surface area contributed by atoms with E-state index in [0.717, 1.165) is 24.2 Å². The summed E-state index contributed by atoms with van der Waals surface area (Å²) in [6.07, 6.45) is 5.91. The lowest BCUT2D eigenvalue weighted by molar-refractivity contribution is -0.0256. The molecule has 1 atom stereocenters. The highest BCUT2D eigenvalue weighted by molar-refractivity contribution is 5.91. The van der Waals surface area contributed by atoms with Crippen LogP contribution in [0.1, 0.15) is 28.4 Å². The maximum Gasteiger partial charge on any atom is 0.291 e. The van der Waals surface area contributed by atoms with Crippen molar-refractivity contribution in [1.82, 2.24) is 19.9 Å². The van der Waals surface area contributed by atoms with Crippen LogP contribution in [0.25, 0.3) is 0 Å². The third-order valence-corrected chi connectivity index (χ3v) is 3.65. The standard InChI is InChI=1S/C15H18N4O3/c1-11-6-12(18-9-17-11)2-3-13-8-19(4-5-21-13)15(20)14-7-16-10-22-14/h6-7,9-10,13H,2-5,8H2,1H3. The molecule has 1 amide bonds. The summed E-state index contributed by atoms with van der Waals surface area (Å²) < 4.78 is 10.8. The van der Waals surface area contributed by atoms with E-state index in [1.54, 1.807) is 11.2 Å². The molecule has 1 aliphatic heterocycles. The highest BCUT2D eigenvalue weighted by Crippen LogP contribution is 2.14. The molecule has 1 aliphatic rings. The summed E-state index contributed by atoms with van der Waals surface area (Å²) in [5.74, 6) is 0.135. The van der Waals surface area contributed by atoms with E-state index >= 15 is 0 Å². The third-order valence-electron chi connectivity index (χ3n) is 3.65. The van der Waals surface area contributed by atoms with Crippen molar-refractivity contribution in [2.75, 3.05) is 19.7 Å². The zero-order chi connectivity index (χ0) is 15.4. The van der Waals surface area contributed by atoms with Crippen molar-refractivity contribution >= 4 is 5.91 Å². The summed E-state index contributed by atoms with van der Waals surface area (Å²) in [6, 6.07) is 1.97. The van der Waals surface area contributed by atoms with Crippen molar-refractivity contribution in [3.63, 3.8) is 0 Å². The monoisotopic (exact) mass is 302 g/mol. The van der Waals surface area contributed by atoms with E-state index < -0.39 is 0 Å². The lowest BCUT2D eigenvalue weighted by atomic mass is 10.1. The maximum atomic E-state index is 12.2. The number of aryl methyl sites for hydroxylation is 2. The van der Waals surface area contributed by atoms with Crippen molar-refractivity contribution in [2.45, 2.75) is 25.9 Å². The second kappa shape index (κ2) is 6.65. The van der Waals surface area contributed by atoms with Crippen LogP contribution in [0.3, 0.4) is 0 Å². The Hall–Kier alpha value is -2.28. The van der Waals surface area contributed by atoms with E-state index in [0.29, 0.717) is 19.7 Å². The molecule has 3 heterocycles. The average Bonchev–Trinajstić information content (AvgIpc) is 3.07. The number of oxazole rings is 1. The molecule has 3 rings (SSSR count). The topological polar surface area (TPSA) is 81.4 Å². The Bertz CT molecular complexity index is 629. The van der Waals surface area contributed by atoms with Crippen LogP contribution in [0.4, 0.5) is 0 Å². The smallest absolute Gasteiger partial charge is 0.291 e. The molecule has 0 N–H and O–H groups in total. The highest BCUT2D eigenvalue weighted by atomic mass is 16.5. The van der Waals surface area contributed by atoms with Crippen molar-refractivity contribution in [1.29, 1.82) is 0 Å². The van der Waals surface area contributed by atoms with Gasteiger partial charge in [-0.15, -0.1) is 0 Å². The number of morpholine rings is 1. The fraction of sp³-hybridized carbons (Fsp3) is 0.467. The van der Waals surface area contributed by atoms with Gasteiger partial charge in [0.15, 0.2) is 6.39 Å². The van der Waals surface area contributed by atoms with Gasteiger partial charge in [0, 0.05) is 24.5 Å². The first-order valence-corrected chi connectivity index (χ1v) is 7.29. The van der Waals surface area contributed by atoms with Crippen LogP contribution in [0.15, 0.2) is 29.4 Å². The van der Waals surface area contributed by atoms with E-state index in [-0.39, 0.29) is 17.8 Å². The Labute approximate surface area is 128 Å². The molecule has 2 aromatic heterocycles. The molecule has 0 aromatic carbocycles. The summed E-state index contributed by atoms with van der Waals surface area (Å²) in [7, 11) is 0. The van der Waals surface area contributed by atoms with Gasteiger partial charge < -0.3 is 14.1 Å². The van der Waals surface area contributed by atoms with Crippen molar-refractivity contribution in [3.8, 4) is 0 Å². The summed E-state index contributed by atoms with van der Waals surface area (Å²) in [6.45, 7) is 3.61. The van der Waals surface area contributed by atoms with E-state index in [1.807, 2.05) is 13.0 Å². The fourth-order valence-electron chi connectivity index (χ4n) is 2.51. The molecule has 0 spiro atoms. The van der Waals surface area contributed by atoms with Crippen LogP contribution in [-0.2, 0) is 11.2 Å². The molecule has 0 saturated carbocycles. The van der Waals surface area contributed by atoms with Gasteiger partial charge in [-0.25, -0.2) is 15.0 Å². The van der Waals surface area contributed by atoms with Crippen molar-refractivity contribution in [3.05, 3.63) is 42.1 Å². The molecule has 22 heavy (non-hydrogen) atoms. The Morgan fingerprint density at radius 2 is 2.36 bits per heavy atom. The Kier molecular flexibility index (Phi) is 4.43. The van der Waals surface area contributed by atoms with Crippen LogP contribution in [0.5, 0.6) is 0 Å². The summed E-state index contributed by atoms with van der Waals surface area (Å²) in [5, 5.41) is 0. The van der Waals surface area contributed by atoms with Gasteiger partial charge in [0.1, 0.15) is 6.33 Å². The Balaban J connectivity index is 1.55. The summed E-state index contributed by atoms with van der Waals surface area (Å²) >= 11 is 0. The zero-order valence-corrected chi connectivity index (χ0v) is 12.4.